The molecule has 2 saturated heterocycles. The van der Waals surface area contributed by atoms with E-state index in [1.165, 1.54) is 6.07 Å². The summed E-state index contributed by atoms with van der Waals surface area (Å²) in [6.07, 6.45) is 4.91. The van der Waals surface area contributed by atoms with Gasteiger partial charge in [0.05, 0.1) is 5.52 Å². The van der Waals surface area contributed by atoms with Crippen LogP contribution in [0.5, 0.6) is 0 Å². The monoisotopic (exact) mass is 341 g/mol. The van der Waals surface area contributed by atoms with Crippen molar-refractivity contribution in [3.05, 3.63) is 47.0 Å². The molecule has 2 fully saturated rings. The number of aromatic nitrogens is 2. The summed E-state index contributed by atoms with van der Waals surface area (Å²) in [5, 5.41) is 0.0595. The second-order valence-corrected chi connectivity index (χ2v) is 8.52. The average Bonchev–Trinajstić information content (AvgIpc) is 2.48. The molecule has 25 heavy (non-hydrogen) atoms. The lowest BCUT2D eigenvalue weighted by Crippen LogP contribution is -2.71. The number of rotatable bonds is 3. The van der Waals surface area contributed by atoms with Gasteiger partial charge in [-0.3, -0.25) is 9.36 Å². The molecule has 2 aliphatic rings. The summed E-state index contributed by atoms with van der Waals surface area (Å²) in [5.74, 6) is 0.132. The third kappa shape index (κ3) is 2.32. The summed E-state index contributed by atoms with van der Waals surface area (Å²) in [7, 11) is 0. The van der Waals surface area contributed by atoms with Crippen LogP contribution in [0.2, 0.25) is 0 Å². The van der Waals surface area contributed by atoms with Crippen molar-refractivity contribution in [1.82, 2.24) is 9.55 Å². The Bertz CT molecular complexity index is 932. The topological polar surface area (TPSA) is 38.1 Å². The van der Waals surface area contributed by atoms with Crippen LogP contribution < -0.4 is 10.5 Å². The van der Waals surface area contributed by atoms with Gasteiger partial charge in [0.1, 0.15) is 11.2 Å². The zero-order valence-electron chi connectivity index (χ0n) is 15.1. The van der Waals surface area contributed by atoms with E-state index in [2.05, 4.69) is 32.3 Å². The fraction of sp³-hybridized carbons (Fsp3) is 0.500. The van der Waals surface area contributed by atoms with E-state index in [0.29, 0.717) is 29.5 Å². The van der Waals surface area contributed by atoms with E-state index in [1.807, 2.05) is 0 Å². The lowest BCUT2D eigenvalue weighted by Gasteiger charge is -2.65. The maximum atomic E-state index is 14.2. The predicted molar refractivity (Wildman–Crippen MR) is 98.5 cm³/mol. The van der Waals surface area contributed by atoms with Gasteiger partial charge in [-0.05, 0) is 43.7 Å². The fourth-order valence-corrected chi connectivity index (χ4v) is 5.18. The molecule has 1 aromatic carbocycles. The number of nitrogens with zero attached hydrogens (tertiary/aromatic N) is 3. The smallest absolute Gasteiger partial charge is 0.266 e. The lowest BCUT2D eigenvalue weighted by atomic mass is 9.59. The molecule has 5 heteroatoms. The number of hydrogen-bond acceptors (Lipinski definition) is 3. The molecule has 1 aromatic heterocycles. The number of hydrogen-bond donors (Lipinski definition) is 0. The minimum absolute atomic E-state index is 0.00419. The first-order valence-corrected chi connectivity index (χ1v) is 8.85. The Kier molecular flexibility index (Phi) is 3.37. The zero-order chi connectivity index (χ0) is 18.0. The lowest BCUT2D eigenvalue weighted by molar-refractivity contribution is 0.0454. The molecule has 2 atom stereocenters. The van der Waals surface area contributed by atoms with Crippen LogP contribution >= 0.6 is 0 Å². The molecule has 0 amide bonds. The highest BCUT2D eigenvalue weighted by molar-refractivity contribution is 5.79. The van der Waals surface area contributed by atoms with Gasteiger partial charge in [-0.25, -0.2) is 9.37 Å². The maximum Gasteiger partial charge on any atom is 0.266 e. The van der Waals surface area contributed by atoms with Crippen LogP contribution in [0.25, 0.3) is 10.9 Å². The molecule has 4 rings (SSSR count). The first-order valence-electron chi connectivity index (χ1n) is 8.85. The molecular formula is C20H24FN3O. The summed E-state index contributed by atoms with van der Waals surface area (Å²) in [5.41, 5.74) is 0.384. The maximum absolute atomic E-state index is 14.2. The van der Waals surface area contributed by atoms with Crippen molar-refractivity contribution in [1.29, 1.82) is 0 Å². The van der Waals surface area contributed by atoms with Crippen LogP contribution in [0.4, 0.5) is 10.3 Å². The minimum atomic E-state index is -0.518. The van der Waals surface area contributed by atoms with Crippen LogP contribution in [-0.4, -0.2) is 21.1 Å². The third-order valence-corrected chi connectivity index (χ3v) is 5.71. The van der Waals surface area contributed by atoms with Crippen molar-refractivity contribution in [2.75, 3.05) is 4.90 Å². The molecule has 0 saturated carbocycles. The van der Waals surface area contributed by atoms with Crippen molar-refractivity contribution in [3.8, 4) is 0 Å². The Labute approximate surface area is 147 Å². The van der Waals surface area contributed by atoms with Gasteiger partial charge in [-0.15, -0.1) is 6.58 Å². The predicted octanol–water partition coefficient (Wildman–Crippen LogP) is 3.88. The second kappa shape index (κ2) is 5.16. The van der Waals surface area contributed by atoms with Gasteiger partial charge in [-0.1, -0.05) is 26.0 Å². The number of fused-ring (bicyclic) bond motifs is 3. The number of benzene rings is 1. The van der Waals surface area contributed by atoms with Crippen molar-refractivity contribution >= 4 is 16.9 Å². The van der Waals surface area contributed by atoms with E-state index in [-0.39, 0.29) is 16.5 Å². The van der Waals surface area contributed by atoms with E-state index in [0.717, 1.165) is 19.3 Å². The van der Waals surface area contributed by atoms with Gasteiger partial charge in [-0.2, -0.15) is 0 Å². The molecule has 2 bridgehead atoms. The number of anilines is 1. The number of allylic oxidation sites excluding steroid dienone is 1. The quantitative estimate of drug-likeness (QED) is 0.795. The number of piperidine rings is 1. The highest BCUT2D eigenvalue weighted by Crippen LogP contribution is 2.55. The highest BCUT2D eigenvalue weighted by atomic mass is 19.1. The molecular weight excluding hydrogens is 317 g/mol. The standard InChI is InChI=1S/C20H24FN3O/c1-5-9-23-17(25)16-14(21)7-6-8-15(16)22-18(23)24-13-10-19(2,3)12-20(24,4)11-13/h5-8,13H,1,9-12H2,2-4H3/t13-,20-/m1/s1. The van der Waals surface area contributed by atoms with E-state index in [1.54, 1.807) is 22.8 Å². The molecule has 2 aromatic rings. The Morgan fingerprint density at radius 2 is 2.12 bits per heavy atom. The summed E-state index contributed by atoms with van der Waals surface area (Å²) in [4.78, 5) is 20.0. The van der Waals surface area contributed by atoms with Crippen molar-refractivity contribution in [2.24, 2.45) is 5.41 Å². The highest BCUT2D eigenvalue weighted by Gasteiger charge is 2.57. The molecule has 132 valence electrons. The molecule has 0 N–H and O–H groups in total. The minimum Gasteiger partial charge on any atom is -0.334 e. The first kappa shape index (κ1) is 16.3. The zero-order valence-corrected chi connectivity index (χ0v) is 15.1. The van der Waals surface area contributed by atoms with Crippen molar-refractivity contribution < 1.29 is 4.39 Å². The largest absolute Gasteiger partial charge is 0.334 e. The number of halogens is 1. The van der Waals surface area contributed by atoms with E-state index < -0.39 is 5.82 Å². The normalized spacial score (nSPS) is 27.2. The van der Waals surface area contributed by atoms with Gasteiger partial charge < -0.3 is 4.90 Å². The Hall–Kier alpha value is -2.17. The summed E-state index contributed by atoms with van der Waals surface area (Å²) >= 11 is 0. The Morgan fingerprint density at radius 3 is 2.80 bits per heavy atom. The van der Waals surface area contributed by atoms with E-state index in [4.69, 9.17) is 4.98 Å². The molecule has 0 aliphatic carbocycles. The summed E-state index contributed by atoms with van der Waals surface area (Å²) < 4.78 is 15.8. The van der Waals surface area contributed by atoms with Gasteiger partial charge >= 0.3 is 0 Å². The molecule has 0 unspecified atom stereocenters. The first-order chi connectivity index (χ1) is 11.8. The van der Waals surface area contributed by atoms with Crippen LogP contribution in [0.15, 0.2) is 35.6 Å². The summed E-state index contributed by atoms with van der Waals surface area (Å²) in [6.45, 7) is 10.9. The van der Waals surface area contributed by atoms with Gasteiger partial charge in [0.2, 0.25) is 5.95 Å². The van der Waals surface area contributed by atoms with Crippen LogP contribution in [0.3, 0.4) is 0 Å². The average molecular weight is 341 g/mol. The van der Waals surface area contributed by atoms with Gasteiger partial charge in [0, 0.05) is 18.1 Å². The Balaban J connectivity index is 1.92. The van der Waals surface area contributed by atoms with Crippen LogP contribution in [0.1, 0.15) is 40.0 Å². The Morgan fingerprint density at radius 1 is 1.36 bits per heavy atom. The van der Waals surface area contributed by atoms with Gasteiger partial charge in [0.15, 0.2) is 0 Å². The van der Waals surface area contributed by atoms with E-state index >= 15 is 0 Å². The van der Waals surface area contributed by atoms with E-state index in [9.17, 15) is 9.18 Å². The molecule has 0 radical (unpaired) electrons. The van der Waals surface area contributed by atoms with Crippen LogP contribution in [0, 0.1) is 11.2 Å². The summed E-state index contributed by atoms with van der Waals surface area (Å²) in [6, 6.07) is 5.00. The molecule has 3 heterocycles. The van der Waals surface area contributed by atoms with Crippen molar-refractivity contribution in [2.45, 2.75) is 58.2 Å². The fourth-order valence-electron chi connectivity index (χ4n) is 5.18. The van der Waals surface area contributed by atoms with Crippen LogP contribution in [-0.2, 0) is 6.54 Å². The second-order valence-electron chi connectivity index (χ2n) is 8.52. The third-order valence-electron chi connectivity index (χ3n) is 5.71. The molecule has 0 spiro atoms. The van der Waals surface area contributed by atoms with Gasteiger partial charge in [0.25, 0.3) is 5.56 Å². The SMILES string of the molecule is C=CCn1c(N2[C@@H]3CC(C)(C)C[C@@]2(C)C3)nc2cccc(F)c2c1=O. The van der Waals surface area contributed by atoms with Crippen molar-refractivity contribution in [3.63, 3.8) is 0 Å². The molecule has 4 nitrogen and oxygen atoms in total. The molecule has 2 aliphatic heterocycles.